The van der Waals surface area contributed by atoms with Gasteiger partial charge in [0.2, 0.25) is 0 Å². The van der Waals surface area contributed by atoms with E-state index in [-0.39, 0.29) is 24.4 Å². The van der Waals surface area contributed by atoms with E-state index in [1.54, 1.807) is 11.0 Å². The number of methoxy groups -OCH3 is 1. The zero-order chi connectivity index (χ0) is 12.7. The molecule has 1 amide bonds. The van der Waals surface area contributed by atoms with Gasteiger partial charge in [-0.05, 0) is 12.8 Å². The van der Waals surface area contributed by atoms with Crippen LogP contribution in [-0.2, 0) is 19.1 Å². The van der Waals surface area contributed by atoms with E-state index in [0.717, 1.165) is 12.8 Å². The molecule has 1 atom stereocenters. The summed E-state index contributed by atoms with van der Waals surface area (Å²) >= 11 is 0. The predicted molar refractivity (Wildman–Crippen MR) is 62.4 cm³/mol. The molecule has 0 aromatic heterocycles. The molecular weight excluding hydrogens is 222 g/mol. The van der Waals surface area contributed by atoms with Crippen molar-refractivity contribution in [3.63, 3.8) is 0 Å². The van der Waals surface area contributed by atoms with Crippen molar-refractivity contribution in [1.82, 2.24) is 4.90 Å². The normalized spacial score (nSPS) is 18.8. The molecule has 1 heterocycles. The topological polar surface area (TPSA) is 55.8 Å². The van der Waals surface area contributed by atoms with Crippen molar-refractivity contribution in [1.29, 1.82) is 0 Å². The Morgan fingerprint density at radius 1 is 1.59 bits per heavy atom. The van der Waals surface area contributed by atoms with Gasteiger partial charge in [-0.2, -0.15) is 0 Å². The van der Waals surface area contributed by atoms with Crippen molar-refractivity contribution >= 4 is 11.9 Å². The maximum absolute atomic E-state index is 12.0. The minimum atomic E-state index is -0.354. The van der Waals surface area contributed by atoms with Gasteiger partial charge in [-0.1, -0.05) is 6.08 Å². The Morgan fingerprint density at radius 2 is 2.35 bits per heavy atom. The minimum absolute atomic E-state index is 0.0636. The molecule has 1 rings (SSSR count). The summed E-state index contributed by atoms with van der Waals surface area (Å²) < 4.78 is 9.88. The fourth-order valence-corrected chi connectivity index (χ4v) is 1.75. The van der Waals surface area contributed by atoms with E-state index in [2.05, 4.69) is 11.3 Å². The summed E-state index contributed by atoms with van der Waals surface area (Å²) in [6.07, 6.45) is 3.15. The zero-order valence-corrected chi connectivity index (χ0v) is 10.2. The molecule has 0 aromatic rings. The van der Waals surface area contributed by atoms with Crippen LogP contribution in [0.2, 0.25) is 0 Å². The molecule has 0 radical (unpaired) electrons. The van der Waals surface area contributed by atoms with Crippen LogP contribution in [0.4, 0.5) is 0 Å². The highest BCUT2D eigenvalue weighted by molar-refractivity contribution is 5.82. The van der Waals surface area contributed by atoms with Crippen LogP contribution in [0.1, 0.15) is 19.3 Å². The van der Waals surface area contributed by atoms with E-state index >= 15 is 0 Å². The molecule has 0 aromatic carbocycles. The SMILES string of the molecule is C=CCN(CCC(=O)OC)C(=O)C1CCCO1. The van der Waals surface area contributed by atoms with Gasteiger partial charge < -0.3 is 14.4 Å². The lowest BCUT2D eigenvalue weighted by atomic mass is 10.2. The Hall–Kier alpha value is -1.36. The van der Waals surface area contributed by atoms with Gasteiger partial charge in [-0.3, -0.25) is 9.59 Å². The lowest BCUT2D eigenvalue weighted by Gasteiger charge is -2.23. The molecule has 0 aliphatic carbocycles. The Balaban J connectivity index is 2.48. The van der Waals surface area contributed by atoms with Crippen LogP contribution in [0, 0.1) is 0 Å². The molecule has 0 spiro atoms. The molecule has 0 N–H and O–H groups in total. The number of amides is 1. The van der Waals surface area contributed by atoms with Gasteiger partial charge in [0.25, 0.3) is 5.91 Å². The lowest BCUT2D eigenvalue weighted by molar-refractivity contribution is -0.144. The van der Waals surface area contributed by atoms with Crippen molar-refractivity contribution < 1.29 is 19.1 Å². The summed E-state index contributed by atoms with van der Waals surface area (Å²) in [4.78, 5) is 24.7. The number of hydrogen-bond acceptors (Lipinski definition) is 4. The van der Waals surface area contributed by atoms with Gasteiger partial charge in [0.05, 0.1) is 13.5 Å². The first kappa shape index (κ1) is 13.7. The Labute approximate surface area is 101 Å². The number of carbonyl (C=O) groups excluding carboxylic acids is 2. The predicted octanol–water partition coefficient (Wildman–Crippen LogP) is 0.743. The fourth-order valence-electron chi connectivity index (χ4n) is 1.75. The number of esters is 1. The van der Waals surface area contributed by atoms with Crippen LogP contribution < -0.4 is 0 Å². The summed E-state index contributed by atoms with van der Waals surface area (Å²) in [5.41, 5.74) is 0. The fraction of sp³-hybridized carbons (Fsp3) is 0.667. The van der Waals surface area contributed by atoms with Gasteiger partial charge in [0.1, 0.15) is 6.10 Å². The highest BCUT2D eigenvalue weighted by atomic mass is 16.5. The quantitative estimate of drug-likeness (QED) is 0.508. The van der Waals surface area contributed by atoms with E-state index < -0.39 is 0 Å². The summed E-state index contributed by atoms with van der Waals surface area (Å²) in [5, 5.41) is 0. The highest BCUT2D eigenvalue weighted by Crippen LogP contribution is 2.15. The van der Waals surface area contributed by atoms with Gasteiger partial charge in [0.15, 0.2) is 0 Å². The van der Waals surface area contributed by atoms with Gasteiger partial charge in [0, 0.05) is 19.7 Å². The maximum Gasteiger partial charge on any atom is 0.307 e. The number of nitrogens with zero attached hydrogens (tertiary/aromatic N) is 1. The van der Waals surface area contributed by atoms with Crippen molar-refractivity contribution in [2.24, 2.45) is 0 Å². The molecule has 0 bridgehead atoms. The largest absolute Gasteiger partial charge is 0.469 e. The van der Waals surface area contributed by atoms with Crippen LogP contribution in [0.3, 0.4) is 0 Å². The Morgan fingerprint density at radius 3 is 2.88 bits per heavy atom. The molecule has 0 saturated carbocycles. The molecule has 1 unspecified atom stereocenters. The third kappa shape index (κ3) is 4.19. The molecule has 17 heavy (non-hydrogen) atoms. The average Bonchev–Trinajstić information content (AvgIpc) is 2.86. The standard InChI is InChI=1S/C12H19NO4/c1-3-7-13(8-6-11(14)16-2)12(15)10-5-4-9-17-10/h3,10H,1,4-9H2,2H3. The van der Waals surface area contributed by atoms with E-state index in [1.807, 2.05) is 0 Å². The van der Waals surface area contributed by atoms with E-state index in [1.165, 1.54) is 7.11 Å². The van der Waals surface area contributed by atoms with Gasteiger partial charge in [-0.15, -0.1) is 6.58 Å². The molecule has 1 aliphatic rings. The average molecular weight is 241 g/mol. The third-order valence-electron chi connectivity index (χ3n) is 2.68. The molecule has 5 heteroatoms. The lowest BCUT2D eigenvalue weighted by Crippen LogP contribution is -2.40. The Kier molecular flexibility index (Phi) is 5.69. The third-order valence-corrected chi connectivity index (χ3v) is 2.68. The number of ether oxygens (including phenoxy) is 2. The molecule has 96 valence electrons. The van der Waals surface area contributed by atoms with Crippen molar-refractivity contribution in [3.05, 3.63) is 12.7 Å². The first-order valence-corrected chi connectivity index (χ1v) is 5.77. The van der Waals surface area contributed by atoms with Crippen LogP contribution in [0.25, 0.3) is 0 Å². The Bertz CT molecular complexity index is 284. The summed E-state index contributed by atoms with van der Waals surface area (Å²) in [5.74, 6) is -0.384. The summed E-state index contributed by atoms with van der Waals surface area (Å²) in [6.45, 7) is 5.01. The zero-order valence-electron chi connectivity index (χ0n) is 10.2. The van der Waals surface area contributed by atoms with Crippen molar-refractivity contribution in [2.45, 2.75) is 25.4 Å². The highest BCUT2D eigenvalue weighted by Gasteiger charge is 2.27. The van der Waals surface area contributed by atoms with Crippen LogP contribution in [0.5, 0.6) is 0 Å². The second-order valence-electron chi connectivity index (χ2n) is 3.90. The van der Waals surface area contributed by atoms with Crippen molar-refractivity contribution in [2.75, 3.05) is 26.8 Å². The second-order valence-corrected chi connectivity index (χ2v) is 3.90. The summed E-state index contributed by atoms with van der Waals surface area (Å²) in [6, 6.07) is 0. The number of hydrogen-bond donors (Lipinski definition) is 0. The molecule has 1 fully saturated rings. The number of rotatable bonds is 6. The molecule has 1 aliphatic heterocycles. The first-order chi connectivity index (χ1) is 8.19. The molecule has 5 nitrogen and oxygen atoms in total. The maximum atomic E-state index is 12.0. The van der Waals surface area contributed by atoms with E-state index in [9.17, 15) is 9.59 Å². The molecule has 1 saturated heterocycles. The van der Waals surface area contributed by atoms with Gasteiger partial charge >= 0.3 is 5.97 Å². The molecular formula is C12H19NO4. The minimum Gasteiger partial charge on any atom is -0.469 e. The van der Waals surface area contributed by atoms with Gasteiger partial charge in [-0.25, -0.2) is 0 Å². The second kappa shape index (κ2) is 7.06. The first-order valence-electron chi connectivity index (χ1n) is 5.77. The monoisotopic (exact) mass is 241 g/mol. The smallest absolute Gasteiger partial charge is 0.307 e. The van der Waals surface area contributed by atoms with Crippen molar-refractivity contribution in [3.8, 4) is 0 Å². The van der Waals surface area contributed by atoms with E-state index in [4.69, 9.17) is 4.74 Å². The van der Waals surface area contributed by atoms with Crippen LogP contribution in [0.15, 0.2) is 12.7 Å². The van der Waals surface area contributed by atoms with E-state index in [0.29, 0.717) is 19.7 Å². The van der Waals surface area contributed by atoms with Crippen LogP contribution >= 0.6 is 0 Å². The number of carbonyl (C=O) groups is 2. The van der Waals surface area contributed by atoms with Crippen LogP contribution in [-0.4, -0.2) is 49.7 Å². The summed E-state index contributed by atoms with van der Waals surface area (Å²) in [7, 11) is 1.34.